The number of fused-ring (bicyclic) bond motifs is 1. The maximum atomic E-state index is 13.9. The molecule has 0 aliphatic heterocycles. The van der Waals surface area contributed by atoms with E-state index in [4.69, 9.17) is 9.15 Å². The molecule has 8 nitrogen and oxygen atoms in total. The maximum Gasteiger partial charge on any atom is 0.344 e. The third-order valence-corrected chi connectivity index (χ3v) is 10.9. The summed E-state index contributed by atoms with van der Waals surface area (Å²) in [4.78, 5) is 12.6. The fourth-order valence-electron chi connectivity index (χ4n) is 4.55. The Bertz CT molecular complexity index is 2000. The highest BCUT2D eigenvalue weighted by Crippen LogP contribution is 2.32. The minimum absolute atomic E-state index is 0.115. The summed E-state index contributed by atoms with van der Waals surface area (Å²) in [5, 5.41) is 0.366. The van der Waals surface area contributed by atoms with Crippen LogP contribution in [0.1, 0.15) is 16.7 Å². The van der Waals surface area contributed by atoms with Crippen molar-refractivity contribution in [2.45, 2.75) is 25.3 Å². The van der Waals surface area contributed by atoms with Crippen molar-refractivity contribution in [2.24, 2.45) is 0 Å². The molecule has 42 heavy (non-hydrogen) atoms. The third kappa shape index (κ3) is 6.15. The summed E-state index contributed by atoms with van der Waals surface area (Å²) in [6.07, 6.45) is 0. The van der Waals surface area contributed by atoms with Gasteiger partial charge in [-0.05, 0) is 66.9 Å². The number of hydrogen-bond acceptors (Lipinski definition) is 7. The van der Waals surface area contributed by atoms with Crippen LogP contribution < -0.4 is 9.34 Å². The number of benzene rings is 4. The Morgan fingerprint density at radius 2 is 1.45 bits per heavy atom. The predicted octanol–water partition coefficient (Wildman–Crippen LogP) is 5.82. The van der Waals surface area contributed by atoms with Crippen LogP contribution in [0.4, 0.5) is 5.69 Å². The Hall–Kier alpha value is -4.25. The molecule has 10 heteroatoms. The van der Waals surface area contributed by atoms with Crippen molar-refractivity contribution in [2.75, 3.05) is 16.1 Å². The molecular formula is C32H29NO7S2. The van der Waals surface area contributed by atoms with Gasteiger partial charge in [0.25, 0.3) is 20.0 Å². The second-order valence-corrected chi connectivity index (χ2v) is 13.8. The largest absolute Gasteiger partial charge is 0.422 e. The van der Waals surface area contributed by atoms with Gasteiger partial charge in [-0.25, -0.2) is 21.6 Å². The van der Waals surface area contributed by atoms with Crippen molar-refractivity contribution in [1.82, 2.24) is 0 Å². The normalized spacial score (nSPS) is 12.0. The van der Waals surface area contributed by atoms with E-state index in [1.807, 2.05) is 49.4 Å². The van der Waals surface area contributed by atoms with E-state index in [9.17, 15) is 21.6 Å². The summed E-state index contributed by atoms with van der Waals surface area (Å²) in [6.45, 7) is 3.62. The summed E-state index contributed by atoms with van der Waals surface area (Å²) in [5.41, 5.74) is 2.99. The molecule has 0 N–H and O–H groups in total. The molecule has 0 bridgehead atoms. The Kier molecular flexibility index (Phi) is 8.31. The molecule has 0 aliphatic rings. The molecule has 0 fully saturated rings. The van der Waals surface area contributed by atoms with Crippen molar-refractivity contribution in [1.29, 1.82) is 0 Å². The van der Waals surface area contributed by atoms with Gasteiger partial charge < -0.3 is 9.15 Å². The van der Waals surface area contributed by atoms with Gasteiger partial charge in [0, 0.05) is 5.39 Å². The summed E-state index contributed by atoms with van der Waals surface area (Å²) >= 11 is 0. The maximum absolute atomic E-state index is 13.9. The highest BCUT2D eigenvalue weighted by Gasteiger charge is 2.36. The first-order valence-corrected chi connectivity index (χ1v) is 16.2. The van der Waals surface area contributed by atoms with Gasteiger partial charge in [0.2, 0.25) is 0 Å². The molecule has 5 rings (SSSR count). The lowest BCUT2D eigenvalue weighted by Gasteiger charge is -2.24. The standard InChI is InChI=1S/C32H29NO7S2/c1-23-12-15-28(16-13-23)42(37,38)33(41(35,36)19-18-39-22-25-9-4-3-5-10-25)27-14-17-31-26(20-27)21-30(32(34)40-31)29-11-7-6-8-24(29)2/h3-17,20-21H,18-19,22H2,1-2H3. The molecule has 0 saturated carbocycles. The van der Waals surface area contributed by atoms with E-state index in [0.717, 1.165) is 16.7 Å². The molecule has 0 atom stereocenters. The van der Waals surface area contributed by atoms with Gasteiger partial charge in [-0.1, -0.05) is 72.3 Å². The molecule has 0 unspecified atom stereocenters. The van der Waals surface area contributed by atoms with Crippen LogP contribution in [-0.4, -0.2) is 29.2 Å². The third-order valence-electron chi connectivity index (χ3n) is 6.75. The van der Waals surface area contributed by atoms with Crippen molar-refractivity contribution in [3.05, 3.63) is 130 Å². The van der Waals surface area contributed by atoms with Crippen LogP contribution in [-0.2, 0) is 31.4 Å². The first-order valence-electron chi connectivity index (χ1n) is 13.2. The highest BCUT2D eigenvalue weighted by molar-refractivity contribution is 8.10. The van der Waals surface area contributed by atoms with Crippen molar-refractivity contribution in [3.8, 4) is 11.1 Å². The summed E-state index contributed by atoms with van der Waals surface area (Å²) in [6, 6.07) is 28.2. The van der Waals surface area contributed by atoms with Gasteiger partial charge in [-0.2, -0.15) is 3.71 Å². The van der Waals surface area contributed by atoms with E-state index in [2.05, 4.69) is 0 Å². The number of anilines is 1. The molecule has 4 aromatic carbocycles. The topological polar surface area (TPSA) is 111 Å². The van der Waals surface area contributed by atoms with Crippen LogP contribution in [0.5, 0.6) is 0 Å². The average molecular weight is 604 g/mol. The number of nitrogens with zero attached hydrogens (tertiary/aromatic N) is 1. The molecule has 1 aromatic heterocycles. The molecule has 1 heterocycles. The van der Waals surface area contributed by atoms with Gasteiger partial charge >= 0.3 is 5.63 Å². The Morgan fingerprint density at radius 1 is 0.762 bits per heavy atom. The zero-order valence-electron chi connectivity index (χ0n) is 23.1. The van der Waals surface area contributed by atoms with Crippen LogP contribution in [0.3, 0.4) is 0 Å². The Labute approximate surface area is 244 Å². The van der Waals surface area contributed by atoms with Crippen LogP contribution in [0.25, 0.3) is 22.1 Å². The molecule has 5 aromatic rings. The zero-order valence-corrected chi connectivity index (χ0v) is 24.7. The van der Waals surface area contributed by atoms with Crippen molar-refractivity contribution >= 4 is 36.7 Å². The smallest absolute Gasteiger partial charge is 0.344 e. The molecule has 216 valence electrons. The number of ether oxygens (including phenoxy) is 1. The number of hydrogen-bond donors (Lipinski definition) is 0. The van der Waals surface area contributed by atoms with E-state index in [0.29, 0.717) is 14.7 Å². The van der Waals surface area contributed by atoms with E-state index in [1.165, 1.54) is 30.3 Å². The van der Waals surface area contributed by atoms with Crippen molar-refractivity contribution in [3.63, 3.8) is 0 Å². The minimum atomic E-state index is -4.57. The van der Waals surface area contributed by atoms with Crippen molar-refractivity contribution < 1.29 is 26.0 Å². The number of sulfonamides is 2. The number of rotatable bonds is 10. The van der Waals surface area contributed by atoms with Gasteiger partial charge in [0.05, 0.1) is 35.1 Å². The first-order chi connectivity index (χ1) is 20.1. The zero-order chi connectivity index (χ0) is 29.9. The van der Waals surface area contributed by atoms with E-state index in [1.54, 1.807) is 37.3 Å². The van der Waals surface area contributed by atoms with E-state index >= 15 is 0 Å². The van der Waals surface area contributed by atoms with E-state index < -0.39 is 31.4 Å². The van der Waals surface area contributed by atoms with Crippen LogP contribution in [0.2, 0.25) is 0 Å². The summed E-state index contributed by atoms with van der Waals surface area (Å²) in [5.74, 6) is -0.582. The highest BCUT2D eigenvalue weighted by atomic mass is 32.3. The van der Waals surface area contributed by atoms with Gasteiger partial charge in [0.1, 0.15) is 5.58 Å². The fraction of sp³-hybridized carbons (Fsp3) is 0.156. The molecule has 0 radical (unpaired) electrons. The van der Waals surface area contributed by atoms with Gasteiger partial charge in [-0.3, -0.25) is 0 Å². The molecule has 0 amide bonds. The second-order valence-electron chi connectivity index (χ2n) is 9.85. The molecular weight excluding hydrogens is 574 g/mol. The summed E-state index contributed by atoms with van der Waals surface area (Å²) in [7, 11) is -9.03. The lowest BCUT2D eigenvalue weighted by molar-refractivity contribution is 0.135. The SMILES string of the molecule is Cc1ccc(S(=O)(=O)N(c2ccc3oc(=O)c(-c4ccccc4C)cc3c2)S(=O)(=O)CCOCc2ccccc2)cc1. The lowest BCUT2D eigenvalue weighted by Crippen LogP contribution is -2.39. The second kappa shape index (κ2) is 11.9. The van der Waals surface area contributed by atoms with Gasteiger partial charge in [0.15, 0.2) is 0 Å². The molecule has 0 spiro atoms. The Morgan fingerprint density at radius 3 is 2.17 bits per heavy atom. The Balaban J connectivity index is 1.56. The molecule has 0 aliphatic carbocycles. The lowest BCUT2D eigenvalue weighted by atomic mass is 10.0. The number of aryl methyl sites for hydroxylation is 2. The van der Waals surface area contributed by atoms with E-state index in [-0.39, 0.29) is 34.9 Å². The van der Waals surface area contributed by atoms with Crippen LogP contribution in [0.15, 0.2) is 117 Å². The fourth-order valence-corrected chi connectivity index (χ4v) is 8.22. The van der Waals surface area contributed by atoms with Gasteiger partial charge in [-0.15, -0.1) is 0 Å². The average Bonchev–Trinajstić information content (AvgIpc) is 2.96. The van der Waals surface area contributed by atoms with Crippen LogP contribution >= 0.6 is 0 Å². The molecule has 0 saturated heterocycles. The quantitative estimate of drug-likeness (QED) is 0.146. The summed E-state index contributed by atoms with van der Waals surface area (Å²) < 4.78 is 66.9. The van der Waals surface area contributed by atoms with Crippen LogP contribution in [0, 0.1) is 13.8 Å². The monoisotopic (exact) mass is 603 g/mol. The minimum Gasteiger partial charge on any atom is -0.422 e. The predicted molar refractivity (Wildman–Crippen MR) is 163 cm³/mol. The first kappa shape index (κ1) is 29.2.